The summed E-state index contributed by atoms with van der Waals surface area (Å²) in [5, 5.41) is 1.07. The van der Waals surface area contributed by atoms with Crippen molar-refractivity contribution in [2.75, 3.05) is 0 Å². The van der Waals surface area contributed by atoms with E-state index in [4.69, 9.17) is 11.1 Å². The number of rotatable bonds is 3. The molecule has 0 aromatic carbocycles. The molecule has 0 radical (unpaired) electrons. The van der Waals surface area contributed by atoms with Crippen LogP contribution in [0.25, 0.3) is 0 Å². The Kier molecular flexibility index (Phi) is 4.46. The minimum Gasteiger partial charge on any atom is -0.162 e. The zero-order valence-corrected chi connectivity index (χ0v) is 9.15. The Morgan fingerprint density at radius 3 is 2.27 bits per heavy atom. The van der Waals surface area contributed by atoms with Crippen molar-refractivity contribution in [3.63, 3.8) is 0 Å². The number of allylic oxidation sites excluding steroid dienone is 5. The van der Waals surface area contributed by atoms with Crippen LogP contribution in [0.15, 0.2) is 36.1 Å². The highest BCUT2D eigenvalue weighted by atomic mass is 35.6. The van der Waals surface area contributed by atoms with Gasteiger partial charge in [-0.05, 0) is 6.92 Å². The van der Waals surface area contributed by atoms with E-state index in [1.54, 1.807) is 0 Å². The molecule has 0 fully saturated rings. The molecule has 0 bridgehead atoms. The molecule has 0 nitrogen and oxygen atoms in total. The van der Waals surface area contributed by atoms with E-state index in [1.807, 2.05) is 31.2 Å². The molecule has 0 aliphatic rings. The van der Waals surface area contributed by atoms with Crippen LogP contribution in [-0.4, -0.2) is 7.38 Å². The minimum absolute atomic E-state index is 1.07. The molecule has 0 aliphatic carbocycles. The third-order valence-corrected chi connectivity index (χ3v) is 3.79. The summed E-state index contributed by atoms with van der Waals surface area (Å²) >= 11 is 6.13. The van der Waals surface area contributed by atoms with E-state index >= 15 is 0 Å². The molecule has 0 spiro atoms. The first-order valence-electron chi connectivity index (χ1n) is 3.66. The maximum Gasteiger partial charge on any atom is 0.180 e. The van der Waals surface area contributed by atoms with Crippen LogP contribution >= 0.6 is 11.1 Å². The van der Waals surface area contributed by atoms with Gasteiger partial charge in [0.25, 0.3) is 0 Å². The lowest BCUT2D eigenvalue weighted by atomic mass is 10.4. The lowest BCUT2D eigenvalue weighted by Gasteiger charge is -2.11. The Morgan fingerprint density at radius 2 is 1.91 bits per heavy atom. The first-order chi connectivity index (χ1) is 4.98. The van der Waals surface area contributed by atoms with Gasteiger partial charge in [0.15, 0.2) is 7.38 Å². The molecule has 2 heteroatoms. The summed E-state index contributed by atoms with van der Waals surface area (Å²) in [6, 6.07) is 0. The van der Waals surface area contributed by atoms with Gasteiger partial charge in [0, 0.05) is 0 Å². The summed E-state index contributed by atoms with van der Waals surface area (Å²) in [4.78, 5) is 0. The molecular weight excluding hydrogens is 172 g/mol. The van der Waals surface area contributed by atoms with E-state index in [0.717, 1.165) is 5.20 Å². The number of hydrogen-bond acceptors (Lipinski definition) is 0. The smallest absolute Gasteiger partial charge is 0.162 e. The second-order valence-corrected chi connectivity index (χ2v) is 9.30. The van der Waals surface area contributed by atoms with E-state index in [9.17, 15) is 0 Å². The zero-order valence-electron chi connectivity index (χ0n) is 7.39. The molecule has 0 aromatic rings. The molecule has 0 unspecified atom stereocenters. The van der Waals surface area contributed by atoms with Crippen molar-refractivity contribution >= 4 is 18.5 Å². The molecule has 0 saturated heterocycles. The molecule has 0 saturated carbocycles. The highest BCUT2D eigenvalue weighted by molar-refractivity contribution is 7.23. The van der Waals surface area contributed by atoms with Gasteiger partial charge in [0.1, 0.15) is 0 Å². The van der Waals surface area contributed by atoms with Crippen LogP contribution in [0.2, 0.25) is 13.1 Å². The fourth-order valence-electron chi connectivity index (χ4n) is 0.481. The van der Waals surface area contributed by atoms with Crippen molar-refractivity contribution in [3.8, 4) is 0 Å². The monoisotopic (exact) mass is 186 g/mol. The predicted molar refractivity (Wildman–Crippen MR) is 56.4 cm³/mol. The first kappa shape index (κ1) is 10.7. The fourth-order valence-corrected chi connectivity index (χ4v) is 1.16. The molecular formula is C9H15ClSi. The van der Waals surface area contributed by atoms with Crippen LogP contribution in [-0.2, 0) is 0 Å². The van der Waals surface area contributed by atoms with Crippen molar-refractivity contribution in [2.24, 2.45) is 0 Å². The third kappa shape index (κ3) is 5.05. The number of halogens is 1. The molecule has 0 aromatic heterocycles. The van der Waals surface area contributed by atoms with Crippen molar-refractivity contribution in [2.45, 2.75) is 20.0 Å². The summed E-state index contributed by atoms with van der Waals surface area (Å²) in [7, 11) is -1.65. The van der Waals surface area contributed by atoms with Crippen LogP contribution < -0.4 is 0 Å². The van der Waals surface area contributed by atoms with Crippen molar-refractivity contribution < 1.29 is 0 Å². The molecule has 0 rings (SSSR count). The molecule has 0 heterocycles. The molecule has 0 aliphatic heterocycles. The van der Waals surface area contributed by atoms with Crippen molar-refractivity contribution in [1.82, 2.24) is 0 Å². The van der Waals surface area contributed by atoms with Gasteiger partial charge < -0.3 is 0 Å². The Morgan fingerprint density at radius 1 is 1.36 bits per heavy atom. The summed E-state index contributed by atoms with van der Waals surface area (Å²) in [6.07, 6.45) is 7.91. The number of hydrogen-bond donors (Lipinski definition) is 0. The summed E-state index contributed by atoms with van der Waals surface area (Å²) in [5.74, 6) is 0. The van der Waals surface area contributed by atoms with Crippen molar-refractivity contribution in [3.05, 3.63) is 36.1 Å². The molecule has 0 amide bonds. The first-order valence-corrected chi connectivity index (χ1v) is 7.67. The summed E-state index contributed by atoms with van der Waals surface area (Å²) < 4.78 is 0. The highest BCUT2D eigenvalue weighted by Gasteiger charge is 2.18. The SMILES string of the molecule is C=C(/C=C\C=C/C)[Si](C)(C)Cl. The van der Waals surface area contributed by atoms with E-state index in [-0.39, 0.29) is 0 Å². The van der Waals surface area contributed by atoms with Crippen LogP contribution in [0.5, 0.6) is 0 Å². The topological polar surface area (TPSA) is 0 Å². The standard InChI is InChI=1S/C9H15ClSi/c1-5-6-7-8-9(2)11(3,4)10/h5-8H,2H2,1,3-4H3/b6-5-,8-7-. The van der Waals surface area contributed by atoms with Gasteiger partial charge in [0.2, 0.25) is 0 Å². The average Bonchev–Trinajstić information content (AvgIpc) is 1.86. The Balaban J connectivity index is 4.08. The highest BCUT2D eigenvalue weighted by Crippen LogP contribution is 2.18. The van der Waals surface area contributed by atoms with E-state index in [2.05, 4.69) is 19.7 Å². The van der Waals surface area contributed by atoms with Gasteiger partial charge in [0.05, 0.1) is 0 Å². The lowest BCUT2D eigenvalue weighted by Crippen LogP contribution is -2.18. The fraction of sp³-hybridized carbons (Fsp3) is 0.333. The molecule has 62 valence electrons. The molecule has 0 atom stereocenters. The normalized spacial score (nSPS) is 13.1. The van der Waals surface area contributed by atoms with E-state index in [1.165, 1.54) is 0 Å². The third-order valence-electron chi connectivity index (χ3n) is 1.36. The van der Waals surface area contributed by atoms with Gasteiger partial charge >= 0.3 is 0 Å². The van der Waals surface area contributed by atoms with Crippen LogP contribution in [0.4, 0.5) is 0 Å². The van der Waals surface area contributed by atoms with Crippen LogP contribution in [0.1, 0.15) is 6.92 Å². The van der Waals surface area contributed by atoms with Crippen LogP contribution in [0, 0.1) is 0 Å². The maximum atomic E-state index is 6.13. The summed E-state index contributed by atoms with van der Waals surface area (Å²) in [5.41, 5.74) is 0. The maximum absolute atomic E-state index is 6.13. The van der Waals surface area contributed by atoms with Gasteiger partial charge in [-0.2, -0.15) is 11.1 Å². The second kappa shape index (κ2) is 4.57. The lowest BCUT2D eigenvalue weighted by molar-refractivity contribution is 1.71. The average molecular weight is 187 g/mol. The van der Waals surface area contributed by atoms with Gasteiger partial charge in [-0.1, -0.05) is 49.2 Å². The predicted octanol–water partition coefficient (Wildman–Crippen LogP) is 3.66. The summed E-state index contributed by atoms with van der Waals surface area (Å²) in [6.45, 7) is 10.0. The van der Waals surface area contributed by atoms with Gasteiger partial charge in [-0.3, -0.25) is 0 Å². The quantitative estimate of drug-likeness (QED) is 0.359. The van der Waals surface area contributed by atoms with E-state index in [0.29, 0.717) is 0 Å². The largest absolute Gasteiger partial charge is 0.180 e. The van der Waals surface area contributed by atoms with Crippen LogP contribution in [0.3, 0.4) is 0 Å². The van der Waals surface area contributed by atoms with Crippen molar-refractivity contribution in [1.29, 1.82) is 0 Å². The Hall–Kier alpha value is -0.273. The Bertz CT molecular complexity index is 184. The molecule has 0 N–H and O–H groups in total. The zero-order chi connectivity index (χ0) is 8.91. The second-order valence-electron chi connectivity index (χ2n) is 2.88. The van der Waals surface area contributed by atoms with Gasteiger partial charge in [-0.25, -0.2) is 0 Å². The minimum atomic E-state index is -1.65. The molecule has 11 heavy (non-hydrogen) atoms. The van der Waals surface area contributed by atoms with E-state index < -0.39 is 7.38 Å². The van der Waals surface area contributed by atoms with Gasteiger partial charge in [-0.15, -0.1) is 0 Å². The Labute approximate surface area is 75.0 Å².